The molecule has 0 atom stereocenters. The highest BCUT2D eigenvalue weighted by molar-refractivity contribution is 7.14. The van der Waals surface area contributed by atoms with Crippen LogP contribution < -0.4 is 19.1 Å². The van der Waals surface area contributed by atoms with Crippen molar-refractivity contribution in [2.75, 3.05) is 32.8 Å². The normalized spacial score (nSPS) is 10.5. The van der Waals surface area contributed by atoms with Crippen molar-refractivity contribution >= 4 is 22.4 Å². The van der Waals surface area contributed by atoms with E-state index in [2.05, 4.69) is 4.98 Å². The zero-order chi connectivity index (χ0) is 20.8. The maximum absolute atomic E-state index is 12.2. The molecule has 0 unspecified atom stereocenters. The fourth-order valence-corrected chi connectivity index (χ4v) is 3.85. The largest absolute Gasteiger partial charge is 0.497 e. The van der Waals surface area contributed by atoms with Crippen LogP contribution in [0.4, 0.5) is 5.13 Å². The first kappa shape index (κ1) is 20.7. The summed E-state index contributed by atoms with van der Waals surface area (Å²) in [5.74, 6) is 2.12. The van der Waals surface area contributed by atoms with Crippen LogP contribution in [-0.2, 0) is 11.2 Å². The number of hydrogen-bond donors (Lipinski definition) is 0. The van der Waals surface area contributed by atoms with E-state index in [-0.39, 0.29) is 5.91 Å². The van der Waals surface area contributed by atoms with Gasteiger partial charge in [-0.25, -0.2) is 4.98 Å². The Hall–Kier alpha value is -3.06. The molecule has 2 aromatic carbocycles. The molecule has 6 nitrogen and oxygen atoms in total. The van der Waals surface area contributed by atoms with E-state index in [9.17, 15) is 4.79 Å². The van der Waals surface area contributed by atoms with Crippen molar-refractivity contribution in [1.82, 2.24) is 4.98 Å². The van der Waals surface area contributed by atoms with Crippen LogP contribution in [0.15, 0.2) is 47.8 Å². The van der Waals surface area contributed by atoms with E-state index >= 15 is 0 Å². The van der Waals surface area contributed by atoms with Gasteiger partial charge in [-0.15, -0.1) is 11.3 Å². The Morgan fingerprint density at radius 1 is 1.00 bits per heavy atom. The van der Waals surface area contributed by atoms with Crippen LogP contribution in [0, 0.1) is 0 Å². The second-order valence-corrected chi connectivity index (χ2v) is 7.19. The summed E-state index contributed by atoms with van der Waals surface area (Å²) in [7, 11) is 4.86. The molecular formula is C22H24N2O4S. The summed E-state index contributed by atoms with van der Waals surface area (Å²) in [6.45, 7) is 2.09. The quantitative estimate of drug-likeness (QED) is 0.548. The first-order valence-electron chi connectivity index (χ1n) is 9.14. The van der Waals surface area contributed by atoms with Crippen LogP contribution in [-0.4, -0.2) is 38.8 Å². The molecule has 0 fully saturated rings. The highest BCUT2D eigenvalue weighted by Gasteiger charge is 2.17. The number of thiazole rings is 1. The molecule has 0 saturated carbocycles. The maximum atomic E-state index is 12.2. The van der Waals surface area contributed by atoms with E-state index in [0.29, 0.717) is 29.6 Å². The summed E-state index contributed by atoms with van der Waals surface area (Å²) in [6, 6.07) is 13.5. The summed E-state index contributed by atoms with van der Waals surface area (Å²) in [5.41, 5.74) is 2.88. The summed E-state index contributed by atoms with van der Waals surface area (Å²) >= 11 is 1.46. The Labute approximate surface area is 174 Å². The van der Waals surface area contributed by atoms with E-state index in [1.807, 2.05) is 47.8 Å². The summed E-state index contributed by atoms with van der Waals surface area (Å²) in [6.07, 6.45) is 0.678. The van der Waals surface area contributed by atoms with Crippen molar-refractivity contribution in [2.24, 2.45) is 0 Å². The van der Waals surface area contributed by atoms with Crippen molar-refractivity contribution in [3.05, 3.63) is 53.4 Å². The Morgan fingerprint density at radius 2 is 1.72 bits per heavy atom. The number of ether oxygens (including phenoxy) is 3. The van der Waals surface area contributed by atoms with E-state index in [1.54, 1.807) is 33.2 Å². The number of methoxy groups -OCH3 is 3. The average Bonchev–Trinajstić information content (AvgIpc) is 3.23. The van der Waals surface area contributed by atoms with Crippen LogP contribution in [0.25, 0.3) is 11.3 Å². The fourth-order valence-electron chi connectivity index (χ4n) is 2.95. The number of hydrogen-bond acceptors (Lipinski definition) is 6. The van der Waals surface area contributed by atoms with E-state index in [1.165, 1.54) is 11.3 Å². The second-order valence-electron chi connectivity index (χ2n) is 6.35. The fraction of sp³-hybridized carbons (Fsp3) is 0.273. The van der Waals surface area contributed by atoms with Gasteiger partial charge < -0.3 is 14.2 Å². The molecule has 3 aromatic rings. The smallest absolute Gasteiger partial charge is 0.225 e. The third-order valence-electron chi connectivity index (χ3n) is 4.56. The number of rotatable bonds is 8. The van der Waals surface area contributed by atoms with Crippen LogP contribution in [0.2, 0.25) is 0 Å². The highest BCUT2D eigenvalue weighted by atomic mass is 32.1. The molecule has 0 bridgehead atoms. The van der Waals surface area contributed by atoms with Crippen molar-refractivity contribution in [1.29, 1.82) is 0 Å². The summed E-state index contributed by atoms with van der Waals surface area (Å²) in [5, 5.41) is 2.65. The van der Waals surface area contributed by atoms with E-state index in [4.69, 9.17) is 14.2 Å². The SMILES string of the molecule is COc1ccc(-c2csc(N(CCc3ccc(OC)c(OC)c3)C(C)=O)n2)cc1. The molecule has 0 aliphatic carbocycles. The van der Waals surface area contributed by atoms with Crippen LogP contribution in [0.1, 0.15) is 12.5 Å². The minimum Gasteiger partial charge on any atom is -0.497 e. The van der Waals surface area contributed by atoms with Gasteiger partial charge in [0, 0.05) is 24.4 Å². The number of carbonyl (C=O) groups excluding carboxylic acids is 1. The monoisotopic (exact) mass is 412 g/mol. The number of amides is 1. The highest BCUT2D eigenvalue weighted by Crippen LogP contribution is 2.30. The van der Waals surface area contributed by atoms with Gasteiger partial charge in [0.15, 0.2) is 16.6 Å². The van der Waals surface area contributed by atoms with Crippen molar-refractivity contribution in [2.45, 2.75) is 13.3 Å². The predicted molar refractivity (Wildman–Crippen MR) is 115 cm³/mol. The van der Waals surface area contributed by atoms with E-state index < -0.39 is 0 Å². The zero-order valence-electron chi connectivity index (χ0n) is 17.0. The van der Waals surface area contributed by atoms with Crippen LogP contribution in [0.3, 0.4) is 0 Å². The van der Waals surface area contributed by atoms with Crippen LogP contribution >= 0.6 is 11.3 Å². The Kier molecular flexibility index (Phi) is 6.72. The Morgan fingerprint density at radius 3 is 2.34 bits per heavy atom. The third-order valence-corrected chi connectivity index (χ3v) is 5.42. The molecule has 152 valence electrons. The number of nitrogens with zero attached hydrogens (tertiary/aromatic N) is 2. The van der Waals surface area contributed by atoms with Gasteiger partial charge in [0.05, 0.1) is 27.0 Å². The van der Waals surface area contributed by atoms with Crippen LogP contribution in [0.5, 0.6) is 17.2 Å². The molecule has 1 heterocycles. The average molecular weight is 413 g/mol. The minimum atomic E-state index is -0.0406. The molecule has 0 N–H and O–H groups in total. The van der Waals surface area contributed by atoms with E-state index in [0.717, 1.165) is 22.6 Å². The third kappa shape index (κ3) is 4.86. The number of aromatic nitrogens is 1. The molecular weight excluding hydrogens is 388 g/mol. The van der Waals surface area contributed by atoms with Gasteiger partial charge in [0.1, 0.15) is 5.75 Å². The molecule has 0 radical (unpaired) electrons. The van der Waals surface area contributed by atoms with Gasteiger partial charge in [-0.3, -0.25) is 9.69 Å². The van der Waals surface area contributed by atoms with Gasteiger partial charge in [-0.1, -0.05) is 6.07 Å². The standard InChI is InChI=1S/C22H24N2O4S/c1-15(25)24(12-11-16-5-10-20(27-3)21(13-16)28-4)22-23-19(14-29-22)17-6-8-18(26-2)9-7-17/h5-10,13-14H,11-12H2,1-4H3. The van der Waals surface area contributed by atoms with Crippen molar-refractivity contribution in [3.63, 3.8) is 0 Å². The van der Waals surface area contributed by atoms with Gasteiger partial charge in [0.25, 0.3) is 0 Å². The molecule has 1 aromatic heterocycles. The van der Waals surface area contributed by atoms with Crippen molar-refractivity contribution < 1.29 is 19.0 Å². The van der Waals surface area contributed by atoms with Gasteiger partial charge in [0.2, 0.25) is 5.91 Å². The first-order chi connectivity index (χ1) is 14.0. The topological polar surface area (TPSA) is 60.9 Å². The molecule has 0 aliphatic heterocycles. The Bertz CT molecular complexity index is 969. The minimum absolute atomic E-state index is 0.0406. The van der Waals surface area contributed by atoms with Gasteiger partial charge >= 0.3 is 0 Å². The lowest BCUT2D eigenvalue weighted by Gasteiger charge is -2.18. The summed E-state index contributed by atoms with van der Waals surface area (Å²) in [4.78, 5) is 18.6. The Balaban J connectivity index is 1.75. The van der Waals surface area contributed by atoms with Gasteiger partial charge in [-0.2, -0.15) is 0 Å². The summed E-state index contributed by atoms with van der Waals surface area (Å²) < 4.78 is 15.8. The van der Waals surface area contributed by atoms with Gasteiger partial charge in [-0.05, 0) is 48.4 Å². The molecule has 3 rings (SSSR count). The number of benzene rings is 2. The lowest BCUT2D eigenvalue weighted by atomic mass is 10.1. The molecule has 0 spiro atoms. The number of carbonyl (C=O) groups is 1. The molecule has 29 heavy (non-hydrogen) atoms. The molecule has 0 saturated heterocycles. The first-order valence-corrected chi connectivity index (χ1v) is 10.0. The number of anilines is 1. The predicted octanol–water partition coefficient (Wildman–Crippen LogP) is 4.43. The molecule has 7 heteroatoms. The molecule has 0 aliphatic rings. The zero-order valence-corrected chi connectivity index (χ0v) is 17.8. The van der Waals surface area contributed by atoms with Crippen molar-refractivity contribution in [3.8, 4) is 28.5 Å². The maximum Gasteiger partial charge on any atom is 0.225 e. The molecule has 1 amide bonds. The second kappa shape index (κ2) is 9.43. The lowest BCUT2D eigenvalue weighted by Crippen LogP contribution is -2.30. The lowest BCUT2D eigenvalue weighted by molar-refractivity contribution is -0.116.